The summed E-state index contributed by atoms with van der Waals surface area (Å²) in [5, 5.41) is 7.12. The van der Waals surface area contributed by atoms with Crippen molar-refractivity contribution in [3.05, 3.63) is 127 Å². The van der Waals surface area contributed by atoms with E-state index in [9.17, 15) is 0 Å². The fourth-order valence-corrected chi connectivity index (χ4v) is 8.59. The molecule has 0 saturated carbocycles. The van der Waals surface area contributed by atoms with E-state index in [2.05, 4.69) is 97.1 Å². The summed E-state index contributed by atoms with van der Waals surface area (Å²) in [6.45, 7) is 0. The van der Waals surface area contributed by atoms with E-state index in [1.54, 1.807) is 11.3 Å². The normalized spacial score (nSPS) is 12.0. The maximum absolute atomic E-state index is 6.11. The summed E-state index contributed by atoms with van der Waals surface area (Å²) in [7, 11) is 0. The third-order valence-corrected chi connectivity index (χ3v) is 10.8. The topological polar surface area (TPSA) is 51.8 Å². The van der Waals surface area contributed by atoms with Gasteiger partial charge in [-0.25, -0.2) is 15.0 Å². The van der Waals surface area contributed by atoms with Crippen molar-refractivity contribution in [2.24, 2.45) is 0 Å². The lowest BCUT2D eigenvalue weighted by atomic mass is 10.1. The molecule has 0 spiro atoms. The maximum atomic E-state index is 6.11. The molecule has 4 nitrogen and oxygen atoms in total. The van der Waals surface area contributed by atoms with Gasteiger partial charge in [0.1, 0.15) is 11.2 Å². The second kappa shape index (κ2) is 9.53. The Balaban J connectivity index is 1.20. The van der Waals surface area contributed by atoms with E-state index in [0.717, 1.165) is 38.6 Å². The summed E-state index contributed by atoms with van der Waals surface area (Å²) in [4.78, 5) is 15.3. The van der Waals surface area contributed by atoms with Crippen LogP contribution in [0.25, 0.3) is 96.4 Å². The summed E-state index contributed by atoms with van der Waals surface area (Å²) < 4.78 is 11.1. The fraction of sp³-hybridized carbons (Fsp3) is 0. The molecule has 0 amide bonds. The highest BCUT2D eigenvalue weighted by atomic mass is 32.1. The Hall–Kier alpha value is -5.43. The Morgan fingerprint density at radius 1 is 0.356 bits per heavy atom. The molecule has 0 aliphatic carbocycles. The van der Waals surface area contributed by atoms with Crippen molar-refractivity contribution in [2.75, 3.05) is 0 Å². The van der Waals surface area contributed by atoms with E-state index in [4.69, 9.17) is 19.4 Å². The van der Waals surface area contributed by atoms with Crippen LogP contribution in [0.3, 0.4) is 0 Å². The molecule has 0 aliphatic heterocycles. The highest BCUT2D eigenvalue weighted by Crippen LogP contribution is 2.39. The molecule has 4 aromatic heterocycles. The van der Waals surface area contributed by atoms with Gasteiger partial charge in [-0.2, -0.15) is 0 Å². The number of benzene rings is 6. The molecule has 10 rings (SSSR count). The Morgan fingerprint density at radius 3 is 1.60 bits per heavy atom. The lowest BCUT2D eigenvalue weighted by molar-refractivity contribution is 0.669. The van der Waals surface area contributed by atoms with Gasteiger partial charge < -0.3 is 4.42 Å². The third-order valence-electron chi connectivity index (χ3n) is 8.54. The zero-order valence-corrected chi connectivity index (χ0v) is 25.3. The molecular weight excluding hydrogens is 591 g/mol. The Morgan fingerprint density at radius 2 is 0.844 bits per heavy atom. The minimum atomic E-state index is 0.633. The molecule has 45 heavy (non-hydrogen) atoms. The number of furan rings is 1. The number of para-hydroxylation sites is 1. The molecule has 6 aromatic carbocycles. The van der Waals surface area contributed by atoms with E-state index >= 15 is 0 Å². The van der Waals surface area contributed by atoms with Crippen LogP contribution in [0, 0.1) is 0 Å². The first-order chi connectivity index (χ1) is 22.2. The van der Waals surface area contributed by atoms with E-state index in [-0.39, 0.29) is 0 Å². The van der Waals surface area contributed by atoms with Gasteiger partial charge in [0.2, 0.25) is 0 Å². The molecule has 6 heteroatoms. The summed E-state index contributed by atoms with van der Waals surface area (Å²) in [6.07, 6.45) is 0. The fourth-order valence-electron chi connectivity index (χ4n) is 6.36. The van der Waals surface area contributed by atoms with Crippen molar-refractivity contribution in [3.63, 3.8) is 0 Å². The van der Waals surface area contributed by atoms with Crippen molar-refractivity contribution < 1.29 is 4.42 Å². The van der Waals surface area contributed by atoms with Crippen LogP contribution in [-0.4, -0.2) is 15.0 Å². The summed E-state index contributed by atoms with van der Waals surface area (Å²) >= 11 is 3.61. The first kappa shape index (κ1) is 25.0. The molecule has 0 aliphatic rings. The number of thiophene rings is 2. The maximum Gasteiger partial charge on any atom is 0.164 e. The third kappa shape index (κ3) is 3.93. The molecule has 0 atom stereocenters. The second-order valence-electron chi connectivity index (χ2n) is 11.2. The number of hydrogen-bond donors (Lipinski definition) is 0. The minimum absolute atomic E-state index is 0.633. The van der Waals surface area contributed by atoms with Gasteiger partial charge in [-0.3, -0.25) is 0 Å². The molecule has 10 aromatic rings. The van der Waals surface area contributed by atoms with Crippen molar-refractivity contribution in [2.45, 2.75) is 0 Å². The van der Waals surface area contributed by atoms with E-state index in [1.807, 2.05) is 41.7 Å². The molecule has 0 unspecified atom stereocenters. The van der Waals surface area contributed by atoms with Crippen LogP contribution in [-0.2, 0) is 0 Å². The molecule has 0 radical (unpaired) electrons. The lowest BCUT2D eigenvalue weighted by Gasteiger charge is -2.09. The van der Waals surface area contributed by atoms with Gasteiger partial charge in [-0.1, -0.05) is 66.7 Å². The largest absolute Gasteiger partial charge is 0.456 e. The van der Waals surface area contributed by atoms with Crippen LogP contribution < -0.4 is 0 Å². The zero-order valence-electron chi connectivity index (χ0n) is 23.7. The number of nitrogens with zero attached hydrogens (tertiary/aromatic N) is 3. The first-order valence-electron chi connectivity index (χ1n) is 14.8. The molecule has 0 fully saturated rings. The Bertz CT molecular complexity index is 2660. The first-order valence-corrected chi connectivity index (χ1v) is 16.4. The van der Waals surface area contributed by atoms with Gasteiger partial charge >= 0.3 is 0 Å². The SMILES string of the molecule is c1ccc2c(c1)oc1ccc(-c3nc(-c4ccc5c(c4)sc4ccccc45)nc(-c4ccc5sc6ccccc6c5c4)n3)cc12. The van der Waals surface area contributed by atoms with E-state index < -0.39 is 0 Å². The van der Waals surface area contributed by atoms with Gasteiger partial charge in [0.25, 0.3) is 0 Å². The zero-order chi connectivity index (χ0) is 29.5. The summed E-state index contributed by atoms with van der Waals surface area (Å²) in [5.41, 5.74) is 4.57. The van der Waals surface area contributed by atoms with Gasteiger partial charge in [-0.15, -0.1) is 22.7 Å². The monoisotopic (exact) mass is 611 g/mol. The van der Waals surface area contributed by atoms with E-state index in [0.29, 0.717) is 17.5 Å². The Kier molecular flexibility index (Phi) is 5.29. The molecule has 210 valence electrons. The van der Waals surface area contributed by atoms with Crippen molar-refractivity contribution >= 4 is 85.0 Å². The van der Waals surface area contributed by atoms with Gasteiger partial charge in [0.15, 0.2) is 17.5 Å². The number of rotatable bonds is 3. The van der Waals surface area contributed by atoms with Crippen molar-refractivity contribution in [1.29, 1.82) is 0 Å². The van der Waals surface area contributed by atoms with Crippen LogP contribution in [0.4, 0.5) is 0 Å². The highest BCUT2D eigenvalue weighted by molar-refractivity contribution is 7.26. The van der Waals surface area contributed by atoms with Crippen molar-refractivity contribution in [1.82, 2.24) is 15.0 Å². The lowest BCUT2D eigenvalue weighted by Crippen LogP contribution is -2.00. The second-order valence-corrected chi connectivity index (χ2v) is 13.4. The molecule has 4 heterocycles. The van der Waals surface area contributed by atoms with Crippen LogP contribution in [0.5, 0.6) is 0 Å². The van der Waals surface area contributed by atoms with Crippen LogP contribution in [0.15, 0.2) is 132 Å². The van der Waals surface area contributed by atoms with Crippen LogP contribution in [0.1, 0.15) is 0 Å². The quantitative estimate of drug-likeness (QED) is 0.199. The number of aromatic nitrogens is 3. The van der Waals surface area contributed by atoms with Gasteiger partial charge in [-0.05, 0) is 60.7 Å². The van der Waals surface area contributed by atoms with E-state index in [1.165, 1.54) is 40.3 Å². The molecule has 0 saturated heterocycles. The van der Waals surface area contributed by atoms with Gasteiger partial charge in [0.05, 0.1) is 0 Å². The molecule has 0 N–H and O–H groups in total. The standard InChI is InChI=1S/C39H21N3OS2/c1-4-10-31-25(7-1)29-19-22(14-17-32(29)43-31)37-40-38(23-15-18-35-30(20-23)27-9-3-6-12-34(27)44-35)42-39(41-37)24-13-16-28-26-8-2-5-11-33(26)45-36(28)21-24/h1-21H. The average molecular weight is 612 g/mol. The Labute approximate surface area is 264 Å². The molecule has 0 bridgehead atoms. The predicted molar refractivity (Wildman–Crippen MR) is 189 cm³/mol. The average Bonchev–Trinajstić information content (AvgIpc) is 3.78. The number of hydrogen-bond acceptors (Lipinski definition) is 6. The van der Waals surface area contributed by atoms with Crippen LogP contribution >= 0.6 is 22.7 Å². The predicted octanol–water partition coefficient (Wildman–Crippen LogP) is 11.5. The van der Waals surface area contributed by atoms with Crippen molar-refractivity contribution in [3.8, 4) is 34.2 Å². The van der Waals surface area contributed by atoms with Gasteiger partial charge in [0, 0.05) is 67.8 Å². The highest BCUT2D eigenvalue weighted by Gasteiger charge is 2.17. The van der Waals surface area contributed by atoms with Crippen LogP contribution in [0.2, 0.25) is 0 Å². The summed E-state index contributed by atoms with van der Waals surface area (Å²) in [6, 6.07) is 44.5. The summed E-state index contributed by atoms with van der Waals surface area (Å²) in [5.74, 6) is 1.94. The molecular formula is C39H21N3OS2. The smallest absolute Gasteiger partial charge is 0.164 e. The minimum Gasteiger partial charge on any atom is -0.456 e. The number of fused-ring (bicyclic) bond motifs is 9.